The first-order chi connectivity index (χ1) is 11.9. The molecule has 134 valence electrons. The topological polar surface area (TPSA) is 19.4 Å². The number of halogens is 4. The SMILES string of the molecule is Fc1ccc(CCN2CCN(c3ccc(C(F)(F)F)cn3)CC2)cc1. The maximum Gasteiger partial charge on any atom is 0.417 e. The normalized spacial score (nSPS) is 16.2. The zero-order valence-corrected chi connectivity index (χ0v) is 13.6. The van der Waals surface area contributed by atoms with E-state index in [0.717, 1.165) is 57.0 Å². The molecule has 0 spiro atoms. The number of benzene rings is 1. The molecule has 1 aliphatic rings. The Morgan fingerprint density at radius 1 is 0.920 bits per heavy atom. The highest BCUT2D eigenvalue weighted by atomic mass is 19.4. The molecule has 0 amide bonds. The van der Waals surface area contributed by atoms with Gasteiger partial charge in [-0.3, -0.25) is 4.90 Å². The van der Waals surface area contributed by atoms with Gasteiger partial charge in [-0.05, 0) is 36.2 Å². The van der Waals surface area contributed by atoms with Gasteiger partial charge in [0, 0.05) is 38.9 Å². The van der Waals surface area contributed by atoms with Crippen molar-refractivity contribution in [2.75, 3.05) is 37.6 Å². The van der Waals surface area contributed by atoms with Gasteiger partial charge in [0.2, 0.25) is 0 Å². The summed E-state index contributed by atoms with van der Waals surface area (Å²) in [5.41, 5.74) is 0.363. The monoisotopic (exact) mass is 353 g/mol. The minimum absolute atomic E-state index is 0.235. The first kappa shape index (κ1) is 17.7. The fraction of sp³-hybridized carbons (Fsp3) is 0.389. The highest BCUT2D eigenvalue weighted by Gasteiger charge is 2.31. The van der Waals surface area contributed by atoms with Crippen molar-refractivity contribution in [3.05, 3.63) is 59.5 Å². The number of hydrogen-bond acceptors (Lipinski definition) is 3. The van der Waals surface area contributed by atoms with Gasteiger partial charge >= 0.3 is 6.18 Å². The van der Waals surface area contributed by atoms with Gasteiger partial charge in [-0.25, -0.2) is 9.37 Å². The molecule has 7 heteroatoms. The molecule has 2 heterocycles. The van der Waals surface area contributed by atoms with Crippen molar-refractivity contribution in [1.82, 2.24) is 9.88 Å². The maximum atomic E-state index is 12.9. The smallest absolute Gasteiger partial charge is 0.354 e. The molecule has 0 aliphatic carbocycles. The molecule has 1 aliphatic heterocycles. The summed E-state index contributed by atoms with van der Waals surface area (Å²) in [6.07, 6.45) is -2.63. The van der Waals surface area contributed by atoms with E-state index in [1.165, 1.54) is 18.2 Å². The Kier molecular flexibility index (Phi) is 5.22. The Morgan fingerprint density at radius 2 is 1.60 bits per heavy atom. The fourth-order valence-corrected chi connectivity index (χ4v) is 2.88. The zero-order valence-electron chi connectivity index (χ0n) is 13.6. The van der Waals surface area contributed by atoms with Crippen LogP contribution in [0.3, 0.4) is 0 Å². The third-order valence-electron chi connectivity index (χ3n) is 4.40. The number of nitrogens with zero attached hydrogens (tertiary/aromatic N) is 3. The standard InChI is InChI=1S/C18H19F4N3/c19-16-4-1-14(2-5-16)7-8-24-9-11-25(12-10-24)17-6-3-15(13-23-17)18(20,21)22/h1-6,13H,7-12H2. The van der Waals surface area contributed by atoms with Crippen LogP contribution in [-0.2, 0) is 12.6 Å². The van der Waals surface area contributed by atoms with Crippen LogP contribution in [0.15, 0.2) is 42.6 Å². The molecule has 0 unspecified atom stereocenters. The van der Waals surface area contributed by atoms with E-state index < -0.39 is 11.7 Å². The fourth-order valence-electron chi connectivity index (χ4n) is 2.88. The number of pyridine rings is 1. The molecule has 0 saturated carbocycles. The second kappa shape index (κ2) is 7.39. The third kappa shape index (κ3) is 4.69. The van der Waals surface area contributed by atoms with Crippen LogP contribution in [0.25, 0.3) is 0 Å². The van der Waals surface area contributed by atoms with Crippen LogP contribution in [0.4, 0.5) is 23.4 Å². The Labute approximate surface area is 143 Å². The van der Waals surface area contributed by atoms with E-state index in [4.69, 9.17) is 0 Å². The molecule has 3 rings (SSSR count). The Balaban J connectivity index is 1.49. The van der Waals surface area contributed by atoms with E-state index in [0.29, 0.717) is 5.82 Å². The van der Waals surface area contributed by atoms with E-state index >= 15 is 0 Å². The summed E-state index contributed by atoms with van der Waals surface area (Å²) in [6, 6.07) is 9.00. The van der Waals surface area contributed by atoms with Crippen molar-refractivity contribution in [1.29, 1.82) is 0 Å². The summed E-state index contributed by atoms with van der Waals surface area (Å²) in [4.78, 5) is 8.24. The summed E-state index contributed by atoms with van der Waals surface area (Å²) < 4.78 is 50.6. The van der Waals surface area contributed by atoms with Crippen molar-refractivity contribution >= 4 is 5.82 Å². The van der Waals surface area contributed by atoms with Crippen LogP contribution >= 0.6 is 0 Å². The van der Waals surface area contributed by atoms with Crippen molar-refractivity contribution in [2.45, 2.75) is 12.6 Å². The quantitative estimate of drug-likeness (QED) is 0.783. The molecule has 3 nitrogen and oxygen atoms in total. The second-order valence-electron chi connectivity index (χ2n) is 6.11. The number of hydrogen-bond donors (Lipinski definition) is 0. The lowest BCUT2D eigenvalue weighted by Crippen LogP contribution is -2.47. The van der Waals surface area contributed by atoms with Gasteiger partial charge in [0.15, 0.2) is 0 Å². The van der Waals surface area contributed by atoms with E-state index in [9.17, 15) is 17.6 Å². The van der Waals surface area contributed by atoms with Crippen LogP contribution in [-0.4, -0.2) is 42.6 Å². The largest absolute Gasteiger partial charge is 0.417 e. The van der Waals surface area contributed by atoms with Gasteiger partial charge < -0.3 is 4.90 Å². The molecule has 1 fully saturated rings. The second-order valence-corrected chi connectivity index (χ2v) is 6.11. The number of piperazine rings is 1. The minimum atomic E-state index is -4.36. The summed E-state index contributed by atoms with van der Waals surface area (Å²) in [6.45, 7) is 3.97. The number of aromatic nitrogens is 1. The van der Waals surface area contributed by atoms with Gasteiger partial charge in [0.1, 0.15) is 11.6 Å². The number of rotatable bonds is 4. The summed E-state index contributed by atoms with van der Waals surface area (Å²) in [5, 5.41) is 0. The van der Waals surface area contributed by atoms with Gasteiger partial charge in [0.05, 0.1) is 5.56 Å². The Morgan fingerprint density at radius 3 is 2.16 bits per heavy atom. The first-order valence-corrected chi connectivity index (χ1v) is 8.17. The minimum Gasteiger partial charge on any atom is -0.354 e. The number of anilines is 1. The Hall–Kier alpha value is -2.15. The lowest BCUT2D eigenvalue weighted by atomic mass is 10.1. The summed E-state index contributed by atoms with van der Waals surface area (Å²) in [7, 11) is 0. The van der Waals surface area contributed by atoms with Crippen molar-refractivity contribution in [2.24, 2.45) is 0 Å². The van der Waals surface area contributed by atoms with Gasteiger partial charge in [0.25, 0.3) is 0 Å². The average molecular weight is 353 g/mol. The molecule has 0 bridgehead atoms. The van der Waals surface area contributed by atoms with Gasteiger partial charge in [-0.2, -0.15) is 13.2 Å². The highest BCUT2D eigenvalue weighted by Crippen LogP contribution is 2.29. The molecule has 25 heavy (non-hydrogen) atoms. The molecular weight excluding hydrogens is 334 g/mol. The van der Waals surface area contributed by atoms with E-state index in [2.05, 4.69) is 9.88 Å². The zero-order chi connectivity index (χ0) is 17.9. The Bertz CT molecular complexity index is 675. The first-order valence-electron chi connectivity index (χ1n) is 8.17. The van der Waals surface area contributed by atoms with Crippen molar-refractivity contribution in [3.63, 3.8) is 0 Å². The van der Waals surface area contributed by atoms with Crippen LogP contribution in [0.1, 0.15) is 11.1 Å². The average Bonchev–Trinajstić information content (AvgIpc) is 2.61. The van der Waals surface area contributed by atoms with E-state index in [1.54, 1.807) is 12.1 Å². The third-order valence-corrected chi connectivity index (χ3v) is 4.40. The van der Waals surface area contributed by atoms with Gasteiger partial charge in [-0.1, -0.05) is 12.1 Å². The molecule has 1 saturated heterocycles. The molecule has 1 aromatic carbocycles. The van der Waals surface area contributed by atoms with Crippen LogP contribution in [0, 0.1) is 5.82 Å². The van der Waals surface area contributed by atoms with Crippen molar-refractivity contribution in [3.8, 4) is 0 Å². The van der Waals surface area contributed by atoms with Crippen molar-refractivity contribution < 1.29 is 17.6 Å². The molecule has 0 radical (unpaired) electrons. The summed E-state index contributed by atoms with van der Waals surface area (Å²) >= 11 is 0. The van der Waals surface area contributed by atoms with E-state index in [-0.39, 0.29) is 5.82 Å². The predicted molar refractivity (Wildman–Crippen MR) is 88.0 cm³/mol. The maximum absolute atomic E-state index is 12.9. The lowest BCUT2D eigenvalue weighted by molar-refractivity contribution is -0.137. The van der Waals surface area contributed by atoms with Crippen LogP contribution in [0.2, 0.25) is 0 Å². The van der Waals surface area contributed by atoms with E-state index in [1.807, 2.05) is 4.90 Å². The van der Waals surface area contributed by atoms with Crippen LogP contribution < -0.4 is 4.90 Å². The lowest BCUT2D eigenvalue weighted by Gasteiger charge is -2.35. The molecule has 2 aromatic rings. The van der Waals surface area contributed by atoms with Crippen LogP contribution in [0.5, 0.6) is 0 Å². The summed E-state index contributed by atoms with van der Waals surface area (Å²) in [5.74, 6) is 0.340. The molecule has 1 aromatic heterocycles. The highest BCUT2D eigenvalue weighted by molar-refractivity contribution is 5.40. The molecule has 0 atom stereocenters. The number of alkyl halides is 3. The predicted octanol–water partition coefficient (Wildman–Crippen LogP) is 3.60. The molecule has 0 N–H and O–H groups in total. The van der Waals surface area contributed by atoms with Gasteiger partial charge in [-0.15, -0.1) is 0 Å². The molecular formula is C18H19F4N3.